The van der Waals surface area contributed by atoms with E-state index in [2.05, 4.69) is 26.2 Å². The zero-order chi connectivity index (χ0) is 22.0. The van der Waals surface area contributed by atoms with E-state index >= 15 is 0 Å². The van der Waals surface area contributed by atoms with E-state index in [0.29, 0.717) is 19.0 Å². The van der Waals surface area contributed by atoms with Crippen LogP contribution in [0.2, 0.25) is 25.7 Å². The van der Waals surface area contributed by atoms with Crippen LogP contribution in [0.1, 0.15) is 60.8 Å². The van der Waals surface area contributed by atoms with Gasteiger partial charge >= 0.3 is 5.97 Å². The number of carbonyl (C=O) groups is 2. The molecule has 1 aromatic rings. The molecule has 5 nitrogen and oxygen atoms in total. The van der Waals surface area contributed by atoms with Crippen LogP contribution in [-0.4, -0.2) is 38.6 Å². The Morgan fingerprint density at radius 1 is 1.28 bits per heavy atom. The maximum Gasteiger partial charge on any atom is 0.355 e. The molecule has 0 fully saturated rings. The van der Waals surface area contributed by atoms with Crippen molar-refractivity contribution in [2.45, 2.75) is 77.9 Å². The minimum Gasteiger partial charge on any atom is -0.464 e. The smallest absolute Gasteiger partial charge is 0.355 e. The summed E-state index contributed by atoms with van der Waals surface area (Å²) in [6.07, 6.45) is 6.66. The number of rotatable bonds is 14. The van der Waals surface area contributed by atoms with E-state index in [1.54, 1.807) is 0 Å². The highest BCUT2D eigenvalue weighted by molar-refractivity contribution is 6.76. The lowest BCUT2D eigenvalue weighted by atomic mass is 9.89. The van der Waals surface area contributed by atoms with Crippen LogP contribution in [0.3, 0.4) is 0 Å². The minimum atomic E-state index is -1.20. The molecule has 1 heterocycles. The van der Waals surface area contributed by atoms with Crippen LogP contribution in [0, 0.1) is 5.92 Å². The lowest BCUT2D eigenvalue weighted by molar-refractivity contribution is -0.109. The van der Waals surface area contributed by atoms with E-state index in [0.717, 1.165) is 49.3 Å². The molecule has 0 radical (unpaired) electrons. The second-order valence-electron chi connectivity index (χ2n) is 9.15. The third-order valence-corrected chi connectivity index (χ3v) is 6.83. The first-order valence-electron chi connectivity index (χ1n) is 10.6. The van der Waals surface area contributed by atoms with E-state index in [-0.39, 0.29) is 11.8 Å². The Morgan fingerprint density at radius 3 is 2.48 bits per heavy atom. The molecule has 0 aliphatic heterocycles. The van der Waals surface area contributed by atoms with Gasteiger partial charge in [0.1, 0.15) is 18.7 Å². The summed E-state index contributed by atoms with van der Waals surface area (Å²) in [7, 11) is 0.183. The largest absolute Gasteiger partial charge is 0.464 e. The van der Waals surface area contributed by atoms with Gasteiger partial charge in [-0.15, -0.1) is 6.58 Å². The number of hydrogen-bond acceptors (Lipinski definition) is 4. The summed E-state index contributed by atoms with van der Waals surface area (Å²) < 4.78 is 13.0. The average molecular weight is 422 g/mol. The molecule has 0 bridgehead atoms. The van der Waals surface area contributed by atoms with Crippen molar-refractivity contribution in [2.75, 3.05) is 13.7 Å². The zero-order valence-electron chi connectivity index (χ0n) is 19.1. The molecule has 0 aliphatic carbocycles. The van der Waals surface area contributed by atoms with E-state index in [1.807, 2.05) is 30.6 Å². The van der Waals surface area contributed by atoms with Crippen molar-refractivity contribution >= 4 is 20.3 Å². The number of carbonyl (C=O) groups excluding carboxylic acids is 2. The molecule has 164 valence electrons. The number of ether oxygens (including phenoxy) is 2. The van der Waals surface area contributed by atoms with E-state index in [9.17, 15) is 9.59 Å². The number of methoxy groups -OCH3 is 1. The van der Waals surface area contributed by atoms with Crippen LogP contribution in [0.4, 0.5) is 0 Å². The van der Waals surface area contributed by atoms with Crippen molar-refractivity contribution in [1.82, 2.24) is 4.57 Å². The van der Waals surface area contributed by atoms with Gasteiger partial charge in [0.25, 0.3) is 0 Å². The molecule has 0 amide bonds. The van der Waals surface area contributed by atoms with Crippen LogP contribution in [0.5, 0.6) is 0 Å². The topological polar surface area (TPSA) is 57.5 Å². The standard InChI is InChI=1S/C23H39NO4Si/c1-8-9-10-11-12-19-15-20(21(16-25)18(2)3)22(23(26)27-4)24(19)17-28-13-14-29(5,6)7/h8,15-16,18,21H,1,9-14,17H2,2-7H3/t21-/m1/s1. The van der Waals surface area contributed by atoms with Gasteiger partial charge in [0.05, 0.1) is 7.11 Å². The number of nitrogens with zero attached hydrogens (tertiary/aromatic N) is 1. The Morgan fingerprint density at radius 2 is 1.97 bits per heavy atom. The van der Waals surface area contributed by atoms with Crippen molar-refractivity contribution in [2.24, 2.45) is 5.92 Å². The van der Waals surface area contributed by atoms with Crippen LogP contribution in [-0.2, 0) is 27.4 Å². The lowest BCUT2D eigenvalue weighted by Crippen LogP contribution is -2.23. The molecule has 1 rings (SSSR count). The van der Waals surface area contributed by atoms with E-state index < -0.39 is 14.0 Å². The highest BCUT2D eigenvalue weighted by Gasteiger charge is 2.28. The molecule has 0 aromatic carbocycles. The van der Waals surface area contributed by atoms with Crippen LogP contribution in [0.25, 0.3) is 0 Å². The Bertz CT molecular complexity index is 673. The van der Waals surface area contributed by atoms with Gasteiger partial charge in [-0.05, 0) is 49.3 Å². The van der Waals surface area contributed by atoms with Gasteiger partial charge in [-0.25, -0.2) is 4.79 Å². The molecular weight excluding hydrogens is 382 g/mol. The summed E-state index contributed by atoms with van der Waals surface area (Å²) in [6, 6.07) is 3.06. The second-order valence-corrected chi connectivity index (χ2v) is 14.8. The van der Waals surface area contributed by atoms with Crippen molar-refractivity contribution in [1.29, 1.82) is 0 Å². The van der Waals surface area contributed by atoms with E-state index in [4.69, 9.17) is 9.47 Å². The first kappa shape index (κ1) is 25.4. The Hall–Kier alpha value is -1.66. The lowest BCUT2D eigenvalue weighted by Gasteiger charge is -2.18. The predicted molar refractivity (Wildman–Crippen MR) is 121 cm³/mol. The SMILES string of the molecule is C=CCCCCc1cc([C@H](C=O)C(C)C)c(C(=O)OC)n1COCC[Si](C)(C)C. The number of esters is 1. The average Bonchev–Trinajstić information content (AvgIpc) is 2.99. The van der Waals surface area contributed by atoms with Crippen LogP contribution in [0.15, 0.2) is 18.7 Å². The van der Waals surface area contributed by atoms with Crippen molar-refractivity contribution in [3.8, 4) is 0 Å². The van der Waals surface area contributed by atoms with E-state index in [1.165, 1.54) is 7.11 Å². The number of aryl methyl sites for hydroxylation is 1. The van der Waals surface area contributed by atoms with Crippen molar-refractivity contribution < 1.29 is 19.1 Å². The van der Waals surface area contributed by atoms with Crippen molar-refractivity contribution in [3.63, 3.8) is 0 Å². The summed E-state index contributed by atoms with van der Waals surface area (Å²) in [5.41, 5.74) is 2.21. The zero-order valence-corrected chi connectivity index (χ0v) is 20.1. The number of unbranched alkanes of at least 4 members (excludes halogenated alkanes) is 2. The Balaban J connectivity index is 3.24. The molecule has 0 unspecified atom stereocenters. The van der Waals surface area contributed by atoms with Gasteiger partial charge in [0, 0.05) is 26.3 Å². The molecule has 0 saturated heterocycles. The summed E-state index contributed by atoms with van der Waals surface area (Å²) in [5.74, 6) is -0.675. The fraction of sp³-hybridized carbons (Fsp3) is 0.652. The summed E-state index contributed by atoms with van der Waals surface area (Å²) >= 11 is 0. The van der Waals surface area contributed by atoms with Crippen LogP contribution >= 0.6 is 0 Å². The monoisotopic (exact) mass is 421 g/mol. The summed E-state index contributed by atoms with van der Waals surface area (Å²) in [6.45, 7) is 15.7. The number of hydrogen-bond donors (Lipinski definition) is 0. The number of aldehydes is 1. The van der Waals surface area contributed by atoms with Gasteiger partial charge in [-0.3, -0.25) is 0 Å². The fourth-order valence-corrected chi connectivity index (χ4v) is 4.03. The first-order valence-corrected chi connectivity index (χ1v) is 14.3. The van der Waals surface area contributed by atoms with Gasteiger partial charge in [-0.1, -0.05) is 39.6 Å². The number of aromatic nitrogens is 1. The highest BCUT2D eigenvalue weighted by Crippen LogP contribution is 2.30. The minimum absolute atomic E-state index is 0.0909. The molecule has 0 spiro atoms. The maximum atomic E-state index is 12.7. The van der Waals surface area contributed by atoms with Gasteiger partial charge in [-0.2, -0.15) is 0 Å². The van der Waals surface area contributed by atoms with Crippen molar-refractivity contribution in [3.05, 3.63) is 35.7 Å². The fourth-order valence-electron chi connectivity index (χ4n) is 3.28. The molecule has 0 saturated carbocycles. The first-order chi connectivity index (χ1) is 13.7. The molecule has 0 aliphatic rings. The third-order valence-electron chi connectivity index (χ3n) is 5.12. The highest BCUT2D eigenvalue weighted by atomic mass is 28.3. The quantitative estimate of drug-likeness (QED) is 0.132. The Labute approximate surface area is 177 Å². The molecule has 1 aromatic heterocycles. The maximum absolute atomic E-state index is 12.7. The van der Waals surface area contributed by atoms with Gasteiger partial charge in [0.15, 0.2) is 0 Å². The predicted octanol–water partition coefficient (Wildman–Crippen LogP) is 5.42. The van der Waals surface area contributed by atoms with Gasteiger partial charge in [0.2, 0.25) is 0 Å². The molecule has 0 N–H and O–H groups in total. The summed E-state index contributed by atoms with van der Waals surface area (Å²) in [5, 5.41) is 0. The third kappa shape index (κ3) is 7.94. The molecule has 1 atom stereocenters. The van der Waals surface area contributed by atoms with Crippen LogP contribution < -0.4 is 0 Å². The second kappa shape index (κ2) is 12.1. The molecule has 6 heteroatoms. The number of allylic oxidation sites excluding steroid dienone is 1. The summed E-state index contributed by atoms with van der Waals surface area (Å²) in [4.78, 5) is 24.5. The normalized spacial score (nSPS) is 12.8. The molecular formula is C23H39NO4Si. The molecule has 29 heavy (non-hydrogen) atoms. The van der Waals surface area contributed by atoms with Gasteiger partial charge < -0.3 is 18.8 Å². The Kier molecular flexibility index (Phi) is 10.6.